The molecule has 0 radical (unpaired) electrons. The number of unbranched alkanes of at least 4 members (excludes halogenated alkanes) is 1. The number of ether oxygens (including phenoxy) is 1. The molecular formula is C18H31IN4O2. The summed E-state index contributed by atoms with van der Waals surface area (Å²) in [7, 11) is 0. The highest BCUT2D eigenvalue weighted by Gasteiger charge is 2.34. The maximum Gasteiger partial charge on any atom is 0.203 e. The first-order valence-electron chi connectivity index (χ1n) is 8.56. The van der Waals surface area contributed by atoms with E-state index in [1.54, 1.807) is 0 Å². The van der Waals surface area contributed by atoms with Gasteiger partial charge >= 0.3 is 0 Å². The smallest absolute Gasteiger partial charge is 0.203 e. The van der Waals surface area contributed by atoms with Crippen LogP contribution in [0.25, 0.3) is 0 Å². The second-order valence-corrected chi connectivity index (χ2v) is 6.95. The number of benzene rings is 1. The van der Waals surface area contributed by atoms with Crippen LogP contribution in [0.4, 0.5) is 0 Å². The Labute approximate surface area is 167 Å². The summed E-state index contributed by atoms with van der Waals surface area (Å²) in [5, 5.41) is 10.2. The fourth-order valence-corrected chi connectivity index (χ4v) is 3.33. The van der Waals surface area contributed by atoms with Gasteiger partial charge in [0.25, 0.3) is 0 Å². The van der Waals surface area contributed by atoms with E-state index in [9.17, 15) is 5.11 Å². The van der Waals surface area contributed by atoms with Crippen LogP contribution in [0, 0.1) is 20.8 Å². The molecule has 6 N–H and O–H groups in total. The van der Waals surface area contributed by atoms with Gasteiger partial charge in [-0.2, -0.15) is 0 Å². The first-order chi connectivity index (χ1) is 11.3. The standard InChI is InChI=1S/C18H30N4O2.HI/c1-11-12(2)16-14(13(3)15(11)23)7-9-18(4,24-16)8-5-6-10-21-17(19)22-20;/h23H,5-10,20H2,1-4H3,(H3,19,21,22);1H. The number of hydrogen-bond acceptors (Lipinski definition) is 4. The number of aromatic hydroxyl groups is 1. The van der Waals surface area contributed by atoms with E-state index in [-0.39, 0.29) is 35.5 Å². The minimum absolute atomic E-state index is 0. The fourth-order valence-electron chi connectivity index (χ4n) is 3.33. The molecule has 1 aliphatic rings. The zero-order valence-corrected chi connectivity index (χ0v) is 17.9. The number of guanidine groups is 1. The van der Waals surface area contributed by atoms with Gasteiger partial charge in [-0.25, -0.2) is 5.84 Å². The molecule has 1 atom stereocenters. The number of rotatable bonds is 5. The topological polar surface area (TPSA) is 106 Å². The summed E-state index contributed by atoms with van der Waals surface area (Å²) in [5.74, 6) is 6.81. The van der Waals surface area contributed by atoms with E-state index >= 15 is 0 Å². The average Bonchev–Trinajstić information content (AvgIpc) is 2.57. The highest BCUT2D eigenvalue weighted by atomic mass is 127. The number of phenolic OH excluding ortho intramolecular Hbond substituents is 1. The number of halogens is 1. The van der Waals surface area contributed by atoms with Gasteiger partial charge in [0.15, 0.2) is 0 Å². The Morgan fingerprint density at radius 2 is 1.92 bits per heavy atom. The number of nitrogens with zero attached hydrogens (tertiary/aromatic N) is 1. The van der Waals surface area contributed by atoms with Crippen LogP contribution in [0.1, 0.15) is 54.9 Å². The van der Waals surface area contributed by atoms with Crippen LogP contribution in [0.5, 0.6) is 11.5 Å². The summed E-state index contributed by atoms with van der Waals surface area (Å²) >= 11 is 0. The second kappa shape index (κ2) is 8.93. The van der Waals surface area contributed by atoms with Crippen LogP contribution in [-0.4, -0.2) is 23.2 Å². The van der Waals surface area contributed by atoms with Gasteiger partial charge in [-0.05, 0) is 76.5 Å². The number of hydrogen-bond donors (Lipinski definition) is 4. The van der Waals surface area contributed by atoms with Crippen LogP contribution in [0.15, 0.2) is 4.99 Å². The van der Waals surface area contributed by atoms with Crippen molar-refractivity contribution in [3.8, 4) is 11.5 Å². The number of aliphatic imine (C=N–C) groups is 1. The lowest BCUT2D eigenvalue weighted by Crippen LogP contribution is -2.37. The summed E-state index contributed by atoms with van der Waals surface area (Å²) in [6.07, 6.45) is 4.83. The van der Waals surface area contributed by atoms with E-state index in [4.69, 9.17) is 16.3 Å². The molecule has 0 fully saturated rings. The predicted molar refractivity (Wildman–Crippen MR) is 113 cm³/mol. The third-order valence-electron chi connectivity index (χ3n) is 5.14. The van der Waals surface area contributed by atoms with Gasteiger partial charge in [0.05, 0.1) is 0 Å². The average molecular weight is 462 g/mol. The van der Waals surface area contributed by atoms with Gasteiger partial charge in [-0.15, -0.1) is 24.0 Å². The van der Waals surface area contributed by atoms with Crippen LogP contribution in [-0.2, 0) is 6.42 Å². The molecule has 0 bridgehead atoms. The first kappa shape index (κ1) is 21.8. The fraction of sp³-hybridized carbons (Fsp3) is 0.611. The molecule has 0 saturated carbocycles. The van der Waals surface area contributed by atoms with E-state index in [1.807, 2.05) is 20.8 Å². The van der Waals surface area contributed by atoms with Crippen LogP contribution < -0.4 is 21.7 Å². The Morgan fingerprint density at radius 3 is 2.56 bits per heavy atom. The zero-order valence-electron chi connectivity index (χ0n) is 15.6. The maximum absolute atomic E-state index is 10.2. The van der Waals surface area contributed by atoms with Gasteiger partial charge < -0.3 is 15.6 Å². The summed E-state index contributed by atoms with van der Waals surface area (Å²) in [4.78, 5) is 4.12. The molecule has 0 spiro atoms. The van der Waals surface area contributed by atoms with Gasteiger partial charge in [0.2, 0.25) is 5.96 Å². The normalized spacial score (nSPS) is 19.6. The molecule has 0 aromatic heterocycles. The Morgan fingerprint density at radius 1 is 1.24 bits per heavy atom. The molecule has 1 aromatic carbocycles. The van der Waals surface area contributed by atoms with Crippen molar-refractivity contribution in [2.45, 2.75) is 65.4 Å². The van der Waals surface area contributed by atoms with Crippen molar-refractivity contribution in [2.24, 2.45) is 16.6 Å². The van der Waals surface area contributed by atoms with Crippen molar-refractivity contribution in [3.63, 3.8) is 0 Å². The van der Waals surface area contributed by atoms with Gasteiger partial charge in [0.1, 0.15) is 17.1 Å². The Hall–Kier alpha value is -1.22. The Kier molecular flexibility index (Phi) is 7.80. The van der Waals surface area contributed by atoms with Crippen molar-refractivity contribution in [3.05, 3.63) is 22.3 Å². The van der Waals surface area contributed by atoms with Gasteiger partial charge in [-0.1, -0.05) is 0 Å². The Balaban J connectivity index is 0.00000312. The molecule has 0 amide bonds. The molecule has 0 aliphatic carbocycles. The van der Waals surface area contributed by atoms with Crippen molar-refractivity contribution in [2.75, 3.05) is 6.54 Å². The number of hydrazine groups is 1. The molecule has 142 valence electrons. The molecule has 6 nitrogen and oxygen atoms in total. The zero-order chi connectivity index (χ0) is 17.9. The van der Waals surface area contributed by atoms with E-state index in [2.05, 4.69) is 17.3 Å². The highest BCUT2D eigenvalue weighted by molar-refractivity contribution is 14.0. The molecule has 7 heteroatoms. The van der Waals surface area contributed by atoms with Crippen LogP contribution in [0.2, 0.25) is 0 Å². The minimum atomic E-state index is -0.172. The molecule has 25 heavy (non-hydrogen) atoms. The third-order valence-corrected chi connectivity index (χ3v) is 5.14. The van der Waals surface area contributed by atoms with E-state index in [0.29, 0.717) is 12.3 Å². The van der Waals surface area contributed by atoms with E-state index < -0.39 is 0 Å². The molecule has 2 rings (SSSR count). The predicted octanol–water partition coefficient (Wildman–Crippen LogP) is 2.97. The minimum Gasteiger partial charge on any atom is -0.507 e. The van der Waals surface area contributed by atoms with E-state index in [1.165, 1.54) is 0 Å². The lowest BCUT2D eigenvalue weighted by atomic mass is 9.85. The quantitative estimate of drug-likeness (QED) is 0.135. The summed E-state index contributed by atoms with van der Waals surface area (Å²) in [5.41, 5.74) is 11.7. The molecule has 1 aliphatic heterocycles. The molecule has 1 unspecified atom stereocenters. The van der Waals surface area contributed by atoms with E-state index in [0.717, 1.165) is 60.1 Å². The van der Waals surface area contributed by atoms with Gasteiger partial charge in [0, 0.05) is 12.1 Å². The largest absolute Gasteiger partial charge is 0.507 e. The summed E-state index contributed by atoms with van der Waals surface area (Å²) in [6, 6.07) is 0. The maximum atomic E-state index is 10.2. The highest BCUT2D eigenvalue weighted by Crippen LogP contribution is 2.44. The van der Waals surface area contributed by atoms with Gasteiger partial charge in [-0.3, -0.25) is 10.4 Å². The SMILES string of the molecule is Cc1c(C)c2c(c(C)c1O)CCC(C)(CCCCN=C(N)NN)O2.I. The first-order valence-corrected chi connectivity index (χ1v) is 8.56. The monoisotopic (exact) mass is 462 g/mol. The molecule has 0 saturated heterocycles. The number of phenols is 1. The Bertz CT molecular complexity index is 649. The number of nitrogens with one attached hydrogen (secondary N) is 1. The van der Waals surface area contributed by atoms with Crippen molar-refractivity contribution in [1.82, 2.24) is 5.43 Å². The van der Waals surface area contributed by atoms with Crippen LogP contribution >= 0.6 is 24.0 Å². The van der Waals surface area contributed by atoms with Crippen molar-refractivity contribution >= 4 is 29.9 Å². The van der Waals surface area contributed by atoms with Crippen molar-refractivity contribution < 1.29 is 9.84 Å². The molecule has 1 heterocycles. The number of nitrogens with two attached hydrogens (primary N) is 2. The second-order valence-electron chi connectivity index (χ2n) is 6.95. The summed E-state index contributed by atoms with van der Waals surface area (Å²) in [6.45, 7) is 8.78. The third kappa shape index (κ3) is 4.91. The molecular weight excluding hydrogens is 431 g/mol. The lowest BCUT2D eigenvalue weighted by Gasteiger charge is -2.38. The summed E-state index contributed by atoms with van der Waals surface area (Å²) < 4.78 is 6.41. The van der Waals surface area contributed by atoms with Crippen LogP contribution in [0.3, 0.4) is 0 Å². The van der Waals surface area contributed by atoms with Crippen molar-refractivity contribution in [1.29, 1.82) is 0 Å². The lowest BCUT2D eigenvalue weighted by molar-refractivity contribution is 0.0525. The molecule has 1 aromatic rings. The number of fused-ring (bicyclic) bond motifs is 1.